The third kappa shape index (κ3) is 2.88. The first kappa shape index (κ1) is 14.8. The lowest BCUT2D eigenvalue weighted by Crippen LogP contribution is -2.46. The van der Waals surface area contributed by atoms with Gasteiger partial charge in [-0.2, -0.15) is 0 Å². The van der Waals surface area contributed by atoms with Crippen LogP contribution < -0.4 is 0 Å². The van der Waals surface area contributed by atoms with Gasteiger partial charge in [0.15, 0.2) is 0 Å². The van der Waals surface area contributed by atoms with Crippen molar-refractivity contribution >= 4 is 16.8 Å². The van der Waals surface area contributed by atoms with Crippen LogP contribution in [0, 0.1) is 5.41 Å². The van der Waals surface area contributed by atoms with Crippen molar-refractivity contribution in [2.24, 2.45) is 5.41 Å². The molecule has 2 saturated heterocycles. The first-order valence-corrected chi connectivity index (χ1v) is 8.66. The molecule has 1 N–H and O–H groups in total. The van der Waals surface area contributed by atoms with Gasteiger partial charge < -0.3 is 14.6 Å². The molecule has 2 aliphatic heterocycles. The zero-order valence-electron chi connectivity index (χ0n) is 13.5. The lowest BCUT2D eigenvalue weighted by molar-refractivity contribution is -0.134. The summed E-state index contributed by atoms with van der Waals surface area (Å²) >= 11 is 0. The Labute approximate surface area is 136 Å². The number of hydrogen-bond acceptors (Lipinski definition) is 2. The number of piperidine rings is 1. The molecule has 0 radical (unpaired) electrons. The van der Waals surface area contributed by atoms with Crippen LogP contribution in [0.5, 0.6) is 0 Å². The van der Waals surface area contributed by atoms with E-state index >= 15 is 0 Å². The molecule has 1 amide bonds. The van der Waals surface area contributed by atoms with Crippen LogP contribution in [0.15, 0.2) is 30.5 Å². The Balaban J connectivity index is 1.40. The SMILES string of the molecule is O=C(CCc1c[nH]c2ccccc12)N1CCCC2(CCOC2)C1. The summed E-state index contributed by atoms with van der Waals surface area (Å²) in [5, 5.41) is 1.24. The van der Waals surface area contributed by atoms with Gasteiger partial charge in [0.05, 0.1) is 6.61 Å². The van der Waals surface area contributed by atoms with E-state index in [1.807, 2.05) is 12.3 Å². The molecule has 23 heavy (non-hydrogen) atoms. The van der Waals surface area contributed by atoms with Crippen molar-refractivity contribution < 1.29 is 9.53 Å². The monoisotopic (exact) mass is 312 g/mol. The van der Waals surface area contributed by atoms with E-state index in [4.69, 9.17) is 4.74 Å². The summed E-state index contributed by atoms with van der Waals surface area (Å²) in [6.07, 6.45) is 6.88. The molecule has 2 aliphatic rings. The van der Waals surface area contributed by atoms with Crippen molar-refractivity contribution in [2.45, 2.75) is 32.1 Å². The van der Waals surface area contributed by atoms with E-state index in [1.54, 1.807) is 0 Å². The molecule has 2 fully saturated rings. The smallest absolute Gasteiger partial charge is 0.222 e. The van der Waals surface area contributed by atoms with Crippen molar-refractivity contribution in [2.75, 3.05) is 26.3 Å². The molecule has 1 unspecified atom stereocenters. The number of H-pyrrole nitrogens is 1. The van der Waals surface area contributed by atoms with Crippen molar-refractivity contribution in [3.8, 4) is 0 Å². The molecule has 1 atom stereocenters. The minimum absolute atomic E-state index is 0.245. The molecule has 0 bridgehead atoms. The molecule has 1 aromatic carbocycles. The van der Waals surface area contributed by atoms with Crippen LogP contribution in [-0.2, 0) is 16.0 Å². The standard InChI is InChI=1S/C19H24N2O2/c22-18(21-10-3-8-19(13-21)9-11-23-14-19)7-6-15-12-20-17-5-2-1-4-16(15)17/h1-2,4-5,12,20H,3,6-11,13-14H2. The van der Waals surface area contributed by atoms with Gasteiger partial charge in [-0.25, -0.2) is 0 Å². The summed E-state index contributed by atoms with van der Waals surface area (Å²) in [7, 11) is 0. The summed E-state index contributed by atoms with van der Waals surface area (Å²) in [6, 6.07) is 8.28. The molecule has 2 aromatic rings. The lowest BCUT2D eigenvalue weighted by Gasteiger charge is -2.39. The van der Waals surface area contributed by atoms with E-state index in [2.05, 4.69) is 28.1 Å². The van der Waals surface area contributed by atoms with E-state index in [0.29, 0.717) is 12.3 Å². The molecule has 1 spiro atoms. The van der Waals surface area contributed by atoms with E-state index in [1.165, 1.54) is 17.4 Å². The fourth-order valence-electron chi connectivity index (χ4n) is 4.13. The summed E-state index contributed by atoms with van der Waals surface area (Å²) in [5.74, 6) is 0.293. The van der Waals surface area contributed by atoms with Gasteiger partial charge in [-0.3, -0.25) is 4.79 Å². The average molecular weight is 312 g/mol. The van der Waals surface area contributed by atoms with Gasteiger partial charge in [0.25, 0.3) is 0 Å². The highest BCUT2D eigenvalue weighted by atomic mass is 16.5. The van der Waals surface area contributed by atoms with Crippen molar-refractivity contribution in [3.05, 3.63) is 36.0 Å². The molecular weight excluding hydrogens is 288 g/mol. The second-order valence-electron chi connectivity index (χ2n) is 7.08. The number of carbonyl (C=O) groups excluding carboxylic acids is 1. The topological polar surface area (TPSA) is 45.3 Å². The highest BCUT2D eigenvalue weighted by Gasteiger charge is 2.40. The number of carbonyl (C=O) groups is 1. The summed E-state index contributed by atoms with van der Waals surface area (Å²) in [4.78, 5) is 18.0. The fraction of sp³-hybridized carbons (Fsp3) is 0.526. The number of benzene rings is 1. The van der Waals surface area contributed by atoms with Gasteiger partial charge >= 0.3 is 0 Å². The number of rotatable bonds is 3. The number of fused-ring (bicyclic) bond motifs is 1. The summed E-state index contributed by atoms with van der Waals surface area (Å²) in [6.45, 7) is 3.49. The van der Waals surface area contributed by atoms with Gasteiger partial charge in [0.2, 0.25) is 5.91 Å². The molecular formula is C19H24N2O2. The Morgan fingerprint density at radius 2 is 2.22 bits per heavy atom. The van der Waals surface area contributed by atoms with Gasteiger partial charge in [0, 0.05) is 48.6 Å². The normalized spacial score (nSPS) is 24.6. The first-order chi connectivity index (χ1) is 11.3. The molecule has 1 aromatic heterocycles. The zero-order valence-corrected chi connectivity index (χ0v) is 13.5. The maximum Gasteiger partial charge on any atom is 0.222 e. The van der Waals surface area contributed by atoms with E-state index in [9.17, 15) is 4.79 Å². The molecule has 3 heterocycles. The van der Waals surface area contributed by atoms with Crippen LogP contribution in [0.1, 0.15) is 31.2 Å². The van der Waals surface area contributed by atoms with Crippen LogP contribution in [-0.4, -0.2) is 42.1 Å². The minimum Gasteiger partial charge on any atom is -0.381 e. The number of aromatic nitrogens is 1. The first-order valence-electron chi connectivity index (χ1n) is 8.66. The Bertz CT molecular complexity index is 700. The van der Waals surface area contributed by atoms with Crippen molar-refractivity contribution in [1.82, 2.24) is 9.88 Å². The third-order valence-corrected chi connectivity index (χ3v) is 5.48. The second kappa shape index (κ2) is 6.00. The van der Waals surface area contributed by atoms with E-state index in [-0.39, 0.29) is 5.41 Å². The average Bonchev–Trinajstić information content (AvgIpc) is 3.20. The predicted octanol–water partition coefficient (Wildman–Crippen LogP) is 3.13. The highest BCUT2D eigenvalue weighted by Crippen LogP contribution is 2.37. The molecule has 4 rings (SSSR count). The third-order valence-electron chi connectivity index (χ3n) is 5.48. The largest absolute Gasteiger partial charge is 0.381 e. The van der Waals surface area contributed by atoms with E-state index in [0.717, 1.165) is 51.1 Å². The number of amides is 1. The Morgan fingerprint density at radius 1 is 1.30 bits per heavy atom. The highest BCUT2D eigenvalue weighted by molar-refractivity contribution is 5.84. The number of nitrogens with one attached hydrogen (secondary N) is 1. The number of ether oxygens (including phenoxy) is 1. The number of nitrogens with zero attached hydrogens (tertiary/aromatic N) is 1. The number of aryl methyl sites for hydroxylation is 1. The van der Waals surface area contributed by atoms with Gasteiger partial charge in [-0.05, 0) is 37.3 Å². The minimum atomic E-state index is 0.245. The Kier molecular flexibility index (Phi) is 3.85. The van der Waals surface area contributed by atoms with Crippen LogP contribution >= 0.6 is 0 Å². The summed E-state index contributed by atoms with van der Waals surface area (Å²) in [5.41, 5.74) is 2.63. The Hall–Kier alpha value is -1.81. The number of para-hydroxylation sites is 1. The van der Waals surface area contributed by atoms with Crippen molar-refractivity contribution in [1.29, 1.82) is 0 Å². The molecule has 4 nitrogen and oxygen atoms in total. The van der Waals surface area contributed by atoms with E-state index < -0.39 is 0 Å². The maximum absolute atomic E-state index is 12.6. The van der Waals surface area contributed by atoms with Crippen LogP contribution in [0.2, 0.25) is 0 Å². The van der Waals surface area contributed by atoms with Crippen molar-refractivity contribution in [3.63, 3.8) is 0 Å². The molecule has 122 valence electrons. The quantitative estimate of drug-likeness (QED) is 0.946. The van der Waals surface area contributed by atoms with Gasteiger partial charge in [-0.1, -0.05) is 18.2 Å². The summed E-state index contributed by atoms with van der Waals surface area (Å²) < 4.78 is 5.59. The van der Waals surface area contributed by atoms with Gasteiger partial charge in [0.1, 0.15) is 0 Å². The fourth-order valence-corrected chi connectivity index (χ4v) is 4.13. The molecule has 0 saturated carbocycles. The second-order valence-corrected chi connectivity index (χ2v) is 7.08. The van der Waals surface area contributed by atoms with Crippen LogP contribution in [0.25, 0.3) is 10.9 Å². The Morgan fingerprint density at radius 3 is 3.09 bits per heavy atom. The number of aromatic amines is 1. The lowest BCUT2D eigenvalue weighted by atomic mass is 9.79. The van der Waals surface area contributed by atoms with Crippen LogP contribution in [0.3, 0.4) is 0 Å². The van der Waals surface area contributed by atoms with Crippen LogP contribution in [0.4, 0.5) is 0 Å². The number of likely N-dealkylation sites (tertiary alicyclic amines) is 1. The maximum atomic E-state index is 12.6. The number of hydrogen-bond donors (Lipinski definition) is 1. The molecule has 4 heteroatoms. The zero-order chi connectivity index (χ0) is 15.7. The predicted molar refractivity (Wildman–Crippen MR) is 90.3 cm³/mol. The molecule has 0 aliphatic carbocycles. The van der Waals surface area contributed by atoms with Gasteiger partial charge in [-0.15, -0.1) is 0 Å².